The second kappa shape index (κ2) is 4.30. The first-order valence-corrected chi connectivity index (χ1v) is 5.75. The second-order valence-electron chi connectivity index (χ2n) is 3.32. The van der Waals surface area contributed by atoms with Gasteiger partial charge in [0.2, 0.25) is 5.88 Å². The van der Waals surface area contributed by atoms with E-state index in [1.807, 2.05) is 0 Å². The highest BCUT2D eigenvalue weighted by Gasteiger charge is 2.10. The zero-order valence-corrected chi connectivity index (χ0v) is 9.64. The number of fused-ring (bicyclic) bond motifs is 1. The molecule has 3 aromatic heterocycles. The molecule has 0 saturated carbocycles. The van der Waals surface area contributed by atoms with E-state index in [4.69, 9.17) is 0 Å². The van der Waals surface area contributed by atoms with Crippen LogP contribution in [0.1, 0.15) is 0 Å². The monoisotopic (exact) mass is 268 g/mol. The molecule has 0 spiro atoms. The van der Waals surface area contributed by atoms with Crippen LogP contribution in [0.2, 0.25) is 0 Å². The lowest BCUT2D eigenvalue weighted by molar-refractivity contribution is -0.0526. The van der Waals surface area contributed by atoms with E-state index in [9.17, 15) is 8.78 Å². The van der Waals surface area contributed by atoms with Crippen LogP contribution in [0.25, 0.3) is 15.5 Å². The zero-order chi connectivity index (χ0) is 12.5. The molecule has 18 heavy (non-hydrogen) atoms. The minimum absolute atomic E-state index is 0.113. The predicted octanol–water partition coefficient (Wildman–Crippen LogP) is 2.48. The first kappa shape index (κ1) is 11.0. The van der Waals surface area contributed by atoms with E-state index in [0.717, 1.165) is 0 Å². The second-order valence-corrected chi connectivity index (χ2v) is 4.27. The van der Waals surface area contributed by atoms with Crippen molar-refractivity contribution in [2.75, 3.05) is 0 Å². The van der Waals surface area contributed by atoms with Crippen molar-refractivity contribution in [1.82, 2.24) is 19.5 Å². The Hall–Kier alpha value is -2.09. The van der Waals surface area contributed by atoms with Gasteiger partial charge >= 0.3 is 6.61 Å². The fourth-order valence-electron chi connectivity index (χ4n) is 1.43. The van der Waals surface area contributed by atoms with Crippen LogP contribution in [0.3, 0.4) is 0 Å². The number of imidazole rings is 1. The molecule has 0 saturated heterocycles. The predicted molar refractivity (Wildman–Crippen MR) is 61.2 cm³/mol. The number of hydrogen-bond acceptors (Lipinski definition) is 5. The van der Waals surface area contributed by atoms with Crippen molar-refractivity contribution in [1.29, 1.82) is 0 Å². The number of aromatic nitrogens is 4. The standard InChI is InChI=1S/C10H6F2N4OS/c11-9(12)17-7-2-1-6-8(15-7)18-10(14-6)16-4-3-13-5-16/h1-5,9H. The van der Waals surface area contributed by atoms with E-state index in [-0.39, 0.29) is 5.88 Å². The van der Waals surface area contributed by atoms with Crippen LogP contribution in [-0.2, 0) is 0 Å². The van der Waals surface area contributed by atoms with Crippen molar-refractivity contribution in [3.8, 4) is 11.0 Å². The maximum atomic E-state index is 12.1. The summed E-state index contributed by atoms with van der Waals surface area (Å²) in [5.74, 6) is -0.113. The van der Waals surface area contributed by atoms with Crippen LogP contribution in [0, 0.1) is 0 Å². The minimum atomic E-state index is -2.88. The van der Waals surface area contributed by atoms with Gasteiger partial charge in [0.1, 0.15) is 16.7 Å². The van der Waals surface area contributed by atoms with E-state index >= 15 is 0 Å². The number of alkyl halides is 2. The van der Waals surface area contributed by atoms with Crippen molar-refractivity contribution in [2.24, 2.45) is 0 Å². The maximum Gasteiger partial charge on any atom is 0.388 e. The average molecular weight is 268 g/mol. The lowest BCUT2D eigenvalue weighted by Gasteiger charge is -2.01. The van der Waals surface area contributed by atoms with Crippen molar-refractivity contribution in [3.05, 3.63) is 30.9 Å². The summed E-state index contributed by atoms with van der Waals surface area (Å²) in [5, 5.41) is 0.671. The first-order valence-electron chi connectivity index (χ1n) is 4.93. The smallest absolute Gasteiger partial charge is 0.388 e. The van der Waals surface area contributed by atoms with Gasteiger partial charge in [-0.15, -0.1) is 0 Å². The van der Waals surface area contributed by atoms with Gasteiger partial charge in [-0.05, 0) is 6.07 Å². The lowest BCUT2D eigenvalue weighted by atomic mass is 10.4. The summed E-state index contributed by atoms with van der Waals surface area (Å²) in [5.41, 5.74) is 0.630. The molecule has 0 N–H and O–H groups in total. The number of rotatable bonds is 3. The summed E-state index contributed by atoms with van der Waals surface area (Å²) in [6.07, 6.45) is 4.98. The van der Waals surface area contributed by atoms with Gasteiger partial charge in [0.15, 0.2) is 5.13 Å². The summed E-state index contributed by atoms with van der Waals surface area (Å²) in [6.45, 7) is -2.88. The number of halogens is 2. The van der Waals surface area contributed by atoms with Gasteiger partial charge in [-0.1, -0.05) is 11.3 Å². The van der Waals surface area contributed by atoms with Crippen LogP contribution in [0.4, 0.5) is 8.78 Å². The molecular weight excluding hydrogens is 262 g/mol. The number of ether oxygens (including phenoxy) is 1. The Morgan fingerprint density at radius 3 is 2.89 bits per heavy atom. The molecule has 8 heteroatoms. The largest absolute Gasteiger partial charge is 0.417 e. The van der Waals surface area contributed by atoms with Crippen molar-refractivity contribution < 1.29 is 13.5 Å². The average Bonchev–Trinajstić information content (AvgIpc) is 2.95. The Labute approximate surface area is 104 Å². The number of nitrogens with zero attached hydrogens (tertiary/aromatic N) is 4. The molecule has 3 heterocycles. The van der Waals surface area contributed by atoms with E-state index < -0.39 is 6.61 Å². The molecule has 0 aliphatic carbocycles. The van der Waals surface area contributed by atoms with Gasteiger partial charge < -0.3 is 4.74 Å². The molecular formula is C10H6F2N4OS. The molecule has 0 aromatic carbocycles. The summed E-state index contributed by atoms with van der Waals surface area (Å²) >= 11 is 1.27. The highest BCUT2D eigenvalue weighted by molar-refractivity contribution is 7.20. The Balaban J connectivity index is 2.02. The highest BCUT2D eigenvalue weighted by Crippen LogP contribution is 2.25. The normalized spacial score (nSPS) is 11.3. The van der Waals surface area contributed by atoms with Crippen LogP contribution in [0.15, 0.2) is 30.9 Å². The van der Waals surface area contributed by atoms with Crippen LogP contribution in [0.5, 0.6) is 5.88 Å². The maximum absolute atomic E-state index is 12.1. The van der Waals surface area contributed by atoms with Crippen LogP contribution in [-0.4, -0.2) is 26.1 Å². The molecule has 0 bridgehead atoms. The van der Waals surface area contributed by atoms with Crippen molar-refractivity contribution >= 4 is 21.7 Å². The van der Waals surface area contributed by atoms with Gasteiger partial charge in [-0.3, -0.25) is 4.57 Å². The van der Waals surface area contributed by atoms with Gasteiger partial charge in [-0.2, -0.15) is 8.78 Å². The molecule has 92 valence electrons. The Morgan fingerprint density at radius 1 is 1.28 bits per heavy atom. The summed E-state index contributed by atoms with van der Waals surface area (Å²) < 4.78 is 30.1. The lowest BCUT2D eigenvalue weighted by Crippen LogP contribution is -2.02. The molecule has 3 aromatic rings. The SMILES string of the molecule is FC(F)Oc1ccc2nc(-n3ccnc3)sc2n1. The molecule has 0 unspecified atom stereocenters. The fraction of sp³-hybridized carbons (Fsp3) is 0.100. The molecule has 0 aliphatic heterocycles. The van der Waals surface area contributed by atoms with Gasteiger partial charge in [0, 0.05) is 18.5 Å². The quantitative estimate of drug-likeness (QED) is 0.732. The number of hydrogen-bond donors (Lipinski definition) is 0. The third-order valence-corrected chi connectivity index (χ3v) is 3.13. The van der Waals surface area contributed by atoms with E-state index in [1.54, 1.807) is 29.4 Å². The molecule has 0 radical (unpaired) electrons. The fourth-order valence-corrected chi connectivity index (χ4v) is 2.31. The summed E-state index contributed by atoms with van der Waals surface area (Å²) in [6, 6.07) is 2.96. The highest BCUT2D eigenvalue weighted by atomic mass is 32.1. The van der Waals surface area contributed by atoms with Gasteiger partial charge in [0.25, 0.3) is 0 Å². The topological polar surface area (TPSA) is 52.8 Å². The van der Waals surface area contributed by atoms with E-state index in [0.29, 0.717) is 15.5 Å². The zero-order valence-electron chi connectivity index (χ0n) is 8.83. The number of pyridine rings is 1. The van der Waals surface area contributed by atoms with Crippen LogP contribution < -0.4 is 4.74 Å². The Kier molecular flexibility index (Phi) is 2.63. The summed E-state index contributed by atoms with van der Waals surface area (Å²) in [4.78, 5) is 12.7. The molecule has 5 nitrogen and oxygen atoms in total. The van der Waals surface area contributed by atoms with E-state index in [2.05, 4.69) is 19.7 Å². The Morgan fingerprint density at radius 2 is 2.17 bits per heavy atom. The third-order valence-electron chi connectivity index (χ3n) is 2.15. The minimum Gasteiger partial charge on any atom is -0.417 e. The third kappa shape index (κ3) is 2.02. The van der Waals surface area contributed by atoms with Crippen molar-refractivity contribution in [2.45, 2.75) is 6.61 Å². The molecule has 0 aliphatic rings. The molecule has 0 fully saturated rings. The molecule has 0 amide bonds. The molecule has 3 rings (SSSR count). The molecule has 0 atom stereocenters. The van der Waals surface area contributed by atoms with E-state index in [1.165, 1.54) is 17.4 Å². The Bertz CT molecular complexity index is 668. The number of thiazole rings is 1. The van der Waals surface area contributed by atoms with Crippen LogP contribution >= 0.6 is 11.3 Å². The van der Waals surface area contributed by atoms with Gasteiger partial charge in [-0.25, -0.2) is 15.0 Å². The first-order chi connectivity index (χ1) is 8.72. The van der Waals surface area contributed by atoms with Crippen molar-refractivity contribution in [3.63, 3.8) is 0 Å². The van der Waals surface area contributed by atoms with Gasteiger partial charge in [0.05, 0.1) is 0 Å². The summed E-state index contributed by atoms with van der Waals surface area (Å²) in [7, 11) is 0.